The monoisotopic (exact) mass is 164 g/mol. The summed E-state index contributed by atoms with van der Waals surface area (Å²) in [4.78, 5) is 0. The Morgan fingerprint density at radius 1 is 1.33 bits per heavy atom. The molecular formula is C10H16N2. The van der Waals surface area contributed by atoms with Crippen molar-refractivity contribution < 1.29 is 0 Å². The van der Waals surface area contributed by atoms with E-state index in [0.717, 1.165) is 12.3 Å². The van der Waals surface area contributed by atoms with E-state index in [1.807, 2.05) is 0 Å². The molecule has 0 heterocycles. The fourth-order valence-corrected chi connectivity index (χ4v) is 3.03. The molecule has 0 radical (unpaired) electrons. The van der Waals surface area contributed by atoms with Gasteiger partial charge >= 0.3 is 0 Å². The van der Waals surface area contributed by atoms with Crippen LogP contribution in [0.15, 0.2) is 0 Å². The van der Waals surface area contributed by atoms with Crippen molar-refractivity contribution in [2.45, 2.75) is 32.1 Å². The number of nitrogens with zero attached hydrogens (tertiary/aromatic N) is 1. The average Bonchev–Trinajstić information content (AvgIpc) is 2.19. The maximum atomic E-state index is 9.13. The lowest BCUT2D eigenvalue weighted by Crippen LogP contribution is -2.45. The lowest BCUT2D eigenvalue weighted by atomic mass is 9.56. The Labute approximate surface area is 73.7 Å². The molecule has 0 aromatic rings. The summed E-state index contributed by atoms with van der Waals surface area (Å²) in [5, 5.41) is 9.13. The third-order valence-corrected chi connectivity index (χ3v) is 3.87. The zero-order chi connectivity index (χ0) is 8.60. The second-order valence-corrected chi connectivity index (χ2v) is 4.39. The van der Waals surface area contributed by atoms with Crippen LogP contribution in [0.25, 0.3) is 0 Å². The van der Waals surface area contributed by atoms with Crippen molar-refractivity contribution in [3.8, 4) is 6.07 Å². The first-order valence-electron chi connectivity index (χ1n) is 4.92. The topological polar surface area (TPSA) is 49.8 Å². The summed E-state index contributed by atoms with van der Waals surface area (Å²) < 4.78 is 0. The Bertz CT molecular complexity index is 210. The maximum absolute atomic E-state index is 9.13. The van der Waals surface area contributed by atoms with Gasteiger partial charge < -0.3 is 5.73 Å². The van der Waals surface area contributed by atoms with E-state index in [9.17, 15) is 0 Å². The van der Waals surface area contributed by atoms with E-state index in [4.69, 9.17) is 11.0 Å². The van der Waals surface area contributed by atoms with Crippen LogP contribution in [0.1, 0.15) is 32.1 Å². The van der Waals surface area contributed by atoms with Gasteiger partial charge in [0.25, 0.3) is 0 Å². The number of rotatable bonds is 1. The number of fused-ring (bicyclic) bond motifs is 3. The molecule has 0 spiro atoms. The van der Waals surface area contributed by atoms with Crippen LogP contribution in [-0.2, 0) is 0 Å². The van der Waals surface area contributed by atoms with Crippen molar-refractivity contribution in [3.63, 3.8) is 0 Å². The van der Waals surface area contributed by atoms with Crippen LogP contribution in [0.4, 0.5) is 0 Å². The summed E-state index contributed by atoms with van der Waals surface area (Å²) in [5.41, 5.74) is 5.58. The fourth-order valence-electron chi connectivity index (χ4n) is 3.03. The number of hydrogen-bond donors (Lipinski definition) is 1. The summed E-state index contributed by atoms with van der Waals surface area (Å²) >= 11 is 0. The third-order valence-electron chi connectivity index (χ3n) is 3.87. The van der Waals surface area contributed by atoms with Gasteiger partial charge in [0.15, 0.2) is 0 Å². The number of nitrogens with two attached hydrogens (primary N) is 1. The molecule has 0 amide bonds. The lowest BCUT2D eigenvalue weighted by molar-refractivity contribution is 0.0523. The average molecular weight is 164 g/mol. The molecule has 2 bridgehead atoms. The third kappa shape index (κ3) is 0.964. The molecule has 1 atom stereocenters. The van der Waals surface area contributed by atoms with Crippen molar-refractivity contribution in [2.75, 3.05) is 6.54 Å². The zero-order valence-corrected chi connectivity index (χ0v) is 7.42. The van der Waals surface area contributed by atoms with Crippen molar-refractivity contribution >= 4 is 0 Å². The van der Waals surface area contributed by atoms with Gasteiger partial charge in [-0.2, -0.15) is 5.26 Å². The molecule has 3 aliphatic rings. The van der Waals surface area contributed by atoms with Gasteiger partial charge in [-0.15, -0.1) is 0 Å². The standard InChI is InChI=1S/C10H16N2/c11-6-10(7-12)5-8-1-3-9(10)4-2-8/h8-9H,1-6,11H2. The maximum Gasteiger partial charge on any atom is 0.0726 e. The van der Waals surface area contributed by atoms with Gasteiger partial charge in [-0.05, 0) is 31.1 Å². The van der Waals surface area contributed by atoms with Gasteiger partial charge in [0.05, 0.1) is 11.5 Å². The van der Waals surface area contributed by atoms with Crippen LogP contribution >= 0.6 is 0 Å². The Balaban J connectivity index is 2.22. The highest BCUT2D eigenvalue weighted by molar-refractivity contribution is 5.09. The van der Waals surface area contributed by atoms with Crippen LogP contribution in [0.2, 0.25) is 0 Å². The summed E-state index contributed by atoms with van der Waals surface area (Å²) in [6.07, 6.45) is 6.25. The van der Waals surface area contributed by atoms with E-state index in [1.165, 1.54) is 25.7 Å². The van der Waals surface area contributed by atoms with Crippen molar-refractivity contribution in [1.82, 2.24) is 0 Å². The van der Waals surface area contributed by atoms with E-state index >= 15 is 0 Å². The summed E-state index contributed by atoms with van der Waals surface area (Å²) in [7, 11) is 0. The Morgan fingerprint density at radius 2 is 2.00 bits per heavy atom. The minimum atomic E-state index is -0.138. The predicted molar refractivity (Wildman–Crippen MR) is 47.2 cm³/mol. The highest BCUT2D eigenvalue weighted by Gasteiger charge is 2.46. The molecule has 3 rings (SSSR count). The second-order valence-electron chi connectivity index (χ2n) is 4.39. The Kier molecular flexibility index (Phi) is 1.84. The SMILES string of the molecule is N#CC1(CN)CC2CCC1CC2. The quantitative estimate of drug-likeness (QED) is 0.640. The number of nitriles is 1. The van der Waals surface area contributed by atoms with Crippen molar-refractivity contribution in [1.29, 1.82) is 5.26 Å². The van der Waals surface area contributed by atoms with Gasteiger partial charge in [0.1, 0.15) is 0 Å². The highest BCUT2D eigenvalue weighted by atomic mass is 14.6. The zero-order valence-electron chi connectivity index (χ0n) is 7.42. The molecule has 3 aliphatic carbocycles. The number of hydrogen-bond acceptors (Lipinski definition) is 2. The van der Waals surface area contributed by atoms with E-state index in [-0.39, 0.29) is 5.41 Å². The second kappa shape index (κ2) is 2.74. The molecule has 66 valence electrons. The molecule has 3 saturated carbocycles. The minimum Gasteiger partial charge on any atom is -0.329 e. The molecule has 0 aromatic carbocycles. The predicted octanol–water partition coefficient (Wildman–Crippen LogP) is 1.67. The Morgan fingerprint density at radius 3 is 2.25 bits per heavy atom. The van der Waals surface area contributed by atoms with Crippen LogP contribution in [0.3, 0.4) is 0 Å². The van der Waals surface area contributed by atoms with Gasteiger partial charge in [-0.3, -0.25) is 0 Å². The first kappa shape index (κ1) is 8.07. The largest absolute Gasteiger partial charge is 0.329 e. The summed E-state index contributed by atoms with van der Waals surface area (Å²) in [6, 6.07) is 2.47. The van der Waals surface area contributed by atoms with Gasteiger partial charge in [-0.25, -0.2) is 0 Å². The molecule has 1 unspecified atom stereocenters. The van der Waals surface area contributed by atoms with Crippen molar-refractivity contribution in [3.05, 3.63) is 0 Å². The molecule has 2 nitrogen and oxygen atoms in total. The fraction of sp³-hybridized carbons (Fsp3) is 0.900. The van der Waals surface area contributed by atoms with E-state index < -0.39 is 0 Å². The molecule has 2 N–H and O–H groups in total. The van der Waals surface area contributed by atoms with Crippen LogP contribution in [-0.4, -0.2) is 6.54 Å². The van der Waals surface area contributed by atoms with Crippen LogP contribution in [0.5, 0.6) is 0 Å². The molecule has 0 aromatic heterocycles. The highest BCUT2D eigenvalue weighted by Crippen LogP contribution is 2.51. The van der Waals surface area contributed by atoms with Gasteiger partial charge in [0.2, 0.25) is 0 Å². The Hall–Kier alpha value is -0.550. The summed E-state index contributed by atoms with van der Waals surface area (Å²) in [6.45, 7) is 0.574. The van der Waals surface area contributed by atoms with E-state index in [2.05, 4.69) is 6.07 Å². The summed E-state index contributed by atoms with van der Waals surface area (Å²) in [5.74, 6) is 1.41. The molecule has 12 heavy (non-hydrogen) atoms. The minimum absolute atomic E-state index is 0.138. The first-order chi connectivity index (χ1) is 5.80. The molecule has 2 heteroatoms. The first-order valence-corrected chi connectivity index (χ1v) is 4.92. The van der Waals surface area contributed by atoms with Gasteiger partial charge in [0, 0.05) is 6.54 Å². The molecule has 3 fully saturated rings. The normalized spacial score (nSPS) is 45.7. The van der Waals surface area contributed by atoms with Crippen molar-refractivity contribution in [2.24, 2.45) is 23.0 Å². The molecule has 0 aliphatic heterocycles. The van der Waals surface area contributed by atoms with Crippen LogP contribution < -0.4 is 5.73 Å². The molecular weight excluding hydrogens is 148 g/mol. The van der Waals surface area contributed by atoms with Gasteiger partial charge in [-0.1, -0.05) is 12.8 Å². The van der Waals surface area contributed by atoms with E-state index in [0.29, 0.717) is 12.5 Å². The smallest absolute Gasteiger partial charge is 0.0726 e. The van der Waals surface area contributed by atoms with Crippen LogP contribution in [0, 0.1) is 28.6 Å². The molecule has 0 saturated heterocycles. The lowest BCUT2D eigenvalue weighted by Gasteiger charge is -2.47. The van der Waals surface area contributed by atoms with E-state index in [1.54, 1.807) is 0 Å².